The van der Waals surface area contributed by atoms with Crippen molar-refractivity contribution in [3.63, 3.8) is 0 Å². The number of halogens is 6. The SMILES string of the molecule is O=C([O-])/C(I)=C/I.O=C([O-])/C(I)=C/I.O=C([O-])/C(I)=C/I.[Ga+3]. The largest absolute Gasteiger partial charge is 3.00 e. The van der Waals surface area contributed by atoms with Crippen LogP contribution in [0.1, 0.15) is 0 Å². The predicted molar refractivity (Wildman–Crippen MR) is 129 cm³/mol. The van der Waals surface area contributed by atoms with E-state index in [1.165, 1.54) is 12.2 Å². The van der Waals surface area contributed by atoms with Crippen LogP contribution in [0.5, 0.6) is 0 Å². The van der Waals surface area contributed by atoms with Crippen LogP contribution in [0.2, 0.25) is 0 Å². The van der Waals surface area contributed by atoms with E-state index in [0.717, 1.165) is 0 Å². The van der Waals surface area contributed by atoms with Gasteiger partial charge >= 0.3 is 19.8 Å². The summed E-state index contributed by atoms with van der Waals surface area (Å²) in [6.45, 7) is 0. The maximum atomic E-state index is 9.74. The Labute approximate surface area is 221 Å². The van der Waals surface area contributed by atoms with E-state index in [0.29, 0.717) is 0 Å². The summed E-state index contributed by atoms with van der Waals surface area (Å²) in [6.07, 6.45) is 0. The molecule has 0 unspecified atom stereocenters. The van der Waals surface area contributed by atoms with Gasteiger partial charge in [-0.25, -0.2) is 0 Å². The van der Waals surface area contributed by atoms with Crippen molar-refractivity contribution in [1.29, 1.82) is 0 Å². The summed E-state index contributed by atoms with van der Waals surface area (Å²) < 4.78 is 5.06. The minimum Gasteiger partial charge on any atom is -0.544 e. The third kappa shape index (κ3) is 24.9. The molecule has 0 aromatic carbocycles. The molecule has 22 heavy (non-hydrogen) atoms. The Morgan fingerprint density at radius 3 is 0.727 bits per heavy atom. The average molecular weight is 1040 g/mol. The Bertz CT molecular complexity index is 395. The maximum absolute atomic E-state index is 9.74. The number of carbonyl (C=O) groups excluding carboxylic acids is 3. The van der Waals surface area contributed by atoms with E-state index in [4.69, 9.17) is 0 Å². The van der Waals surface area contributed by atoms with Gasteiger partial charge in [0.15, 0.2) is 0 Å². The second kappa shape index (κ2) is 21.7. The zero-order valence-corrected chi connectivity index (χ0v) is 25.4. The molecule has 0 saturated carbocycles. The van der Waals surface area contributed by atoms with Gasteiger partial charge in [-0.1, -0.05) is 67.8 Å². The molecular formula is C9H3GaI6O6. The van der Waals surface area contributed by atoms with Gasteiger partial charge in [0, 0.05) is 10.7 Å². The second-order valence-corrected chi connectivity index (χ2v) is 7.59. The van der Waals surface area contributed by atoms with E-state index in [9.17, 15) is 29.7 Å². The molecule has 0 atom stereocenters. The van der Waals surface area contributed by atoms with Gasteiger partial charge in [-0.3, -0.25) is 0 Å². The molecule has 6 nitrogen and oxygen atoms in total. The monoisotopic (exact) mass is 1040 g/mol. The van der Waals surface area contributed by atoms with Gasteiger partial charge in [0.1, 0.15) is 0 Å². The summed E-state index contributed by atoms with van der Waals surface area (Å²) in [6, 6.07) is 0. The molecule has 0 aliphatic heterocycles. The van der Waals surface area contributed by atoms with Crippen molar-refractivity contribution in [1.82, 2.24) is 0 Å². The Balaban J connectivity index is -0.000000108. The van der Waals surface area contributed by atoms with E-state index < -0.39 is 17.9 Å². The van der Waals surface area contributed by atoms with Crippen LogP contribution in [-0.2, 0) is 14.4 Å². The molecule has 0 saturated heterocycles. The van der Waals surface area contributed by atoms with Crippen molar-refractivity contribution in [2.45, 2.75) is 0 Å². The zero-order chi connectivity index (χ0) is 17.6. The summed E-state index contributed by atoms with van der Waals surface area (Å²) in [7, 11) is 0. The summed E-state index contributed by atoms with van der Waals surface area (Å²) >= 11 is 10.6. The van der Waals surface area contributed by atoms with Crippen LogP contribution in [0.15, 0.2) is 23.0 Å². The van der Waals surface area contributed by atoms with Gasteiger partial charge in [-0.15, -0.1) is 0 Å². The van der Waals surface area contributed by atoms with E-state index in [1.807, 2.05) is 67.8 Å². The first-order valence-electron chi connectivity index (χ1n) is 4.06. The summed E-state index contributed by atoms with van der Waals surface area (Å²) in [4.78, 5) is 29.2. The van der Waals surface area contributed by atoms with Gasteiger partial charge in [0.05, 0.1) is 17.9 Å². The van der Waals surface area contributed by atoms with Crippen molar-refractivity contribution in [3.05, 3.63) is 23.0 Å². The number of carboxylic acids is 3. The molecule has 0 amide bonds. The number of carbonyl (C=O) groups is 3. The van der Waals surface area contributed by atoms with Crippen LogP contribution in [0.4, 0.5) is 0 Å². The molecule has 0 aromatic heterocycles. The van der Waals surface area contributed by atoms with Gasteiger partial charge in [-0.2, -0.15) is 0 Å². The number of aliphatic carboxylic acids is 3. The Morgan fingerprint density at radius 1 is 0.591 bits per heavy atom. The van der Waals surface area contributed by atoms with Crippen molar-refractivity contribution in [2.75, 3.05) is 0 Å². The van der Waals surface area contributed by atoms with E-state index >= 15 is 0 Å². The fourth-order valence-corrected chi connectivity index (χ4v) is 0.896. The van der Waals surface area contributed by atoms with Crippen molar-refractivity contribution >= 4 is 173 Å². The predicted octanol–water partition coefficient (Wildman–Crippen LogP) is 0.962. The first kappa shape index (κ1) is 32.3. The molecule has 0 fully saturated rings. The molecule has 0 bridgehead atoms. The number of hydrogen-bond donors (Lipinski definition) is 0. The molecule has 0 radical (unpaired) electrons. The molecule has 0 aromatic rings. The van der Waals surface area contributed by atoms with Crippen LogP contribution in [0, 0.1) is 0 Å². The fourth-order valence-electron chi connectivity index (χ4n) is 0.134. The van der Waals surface area contributed by atoms with E-state index in [-0.39, 0.29) is 30.5 Å². The molecule has 0 aliphatic rings. The van der Waals surface area contributed by atoms with Crippen LogP contribution < -0.4 is 15.3 Å². The van der Waals surface area contributed by atoms with Gasteiger partial charge in [-0.05, 0) is 80.0 Å². The molecule has 0 N–H and O–H groups in total. The molecule has 13 heteroatoms. The van der Waals surface area contributed by atoms with Crippen molar-refractivity contribution in [2.24, 2.45) is 0 Å². The fraction of sp³-hybridized carbons (Fsp3) is 0. The number of rotatable bonds is 3. The van der Waals surface area contributed by atoms with Gasteiger partial charge in [0.25, 0.3) is 0 Å². The van der Waals surface area contributed by atoms with Crippen molar-refractivity contribution < 1.29 is 29.7 Å². The maximum Gasteiger partial charge on any atom is 3.00 e. The molecule has 120 valence electrons. The third-order valence-electron chi connectivity index (χ3n) is 0.872. The third-order valence-corrected chi connectivity index (χ3v) is 8.57. The molecular weight excluding hydrogens is 1040 g/mol. The van der Waals surface area contributed by atoms with Crippen LogP contribution in [-0.4, -0.2) is 37.7 Å². The minimum absolute atomic E-state index is 0. The molecule has 0 spiro atoms. The first-order chi connectivity index (χ1) is 9.54. The summed E-state index contributed by atoms with van der Waals surface area (Å²) in [5, 5.41) is 29.2. The topological polar surface area (TPSA) is 120 Å². The molecule has 0 heterocycles. The van der Waals surface area contributed by atoms with E-state index in [1.54, 1.807) is 67.8 Å². The Morgan fingerprint density at radius 2 is 0.727 bits per heavy atom. The Hall–Kier alpha value is 2.65. The van der Waals surface area contributed by atoms with Crippen LogP contribution in [0.25, 0.3) is 0 Å². The minimum atomic E-state index is -1.12. The van der Waals surface area contributed by atoms with Crippen molar-refractivity contribution in [3.8, 4) is 0 Å². The van der Waals surface area contributed by atoms with Gasteiger partial charge in [0.2, 0.25) is 0 Å². The summed E-state index contributed by atoms with van der Waals surface area (Å²) in [5.74, 6) is -3.35. The second-order valence-electron chi connectivity index (χ2n) is 2.23. The molecule has 0 aliphatic carbocycles. The quantitative estimate of drug-likeness (QED) is 0.237. The smallest absolute Gasteiger partial charge is 0.544 e. The number of carboxylic acid groups (broad SMARTS) is 3. The average Bonchev–Trinajstić information content (AvgIpc) is 2.45. The van der Waals surface area contributed by atoms with Crippen LogP contribution >= 0.6 is 136 Å². The summed E-state index contributed by atoms with van der Waals surface area (Å²) in [5.41, 5.74) is 0. The van der Waals surface area contributed by atoms with E-state index in [2.05, 4.69) is 0 Å². The van der Waals surface area contributed by atoms with Crippen LogP contribution in [0.3, 0.4) is 0 Å². The Kier molecular flexibility index (Phi) is 31.9. The standard InChI is InChI=1S/3C3H2I2O2.Ga/c3*4-1-2(5)3(6)7;/h3*1H,(H,6,7);/q;;;+3/p-3/b3*2-1-;. The zero-order valence-electron chi connectivity index (χ0n) is 10.0. The first-order valence-corrected chi connectivity index (χ1v) is 11.0. The number of hydrogen-bond acceptors (Lipinski definition) is 6. The molecule has 0 rings (SSSR count). The normalized spacial score (nSPS) is 10.9. The van der Waals surface area contributed by atoms with Gasteiger partial charge < -0.3 is 29.7 Å².